The van der Waals surface area contributed by atoms with Crippen molar-refractivity contribution < 1.29 is 0 Å². The van der Waals surface area contributed by atoms with Gasteiger partial charge in [-0.25, -0.2) is 0 Å². The average Bonchev–Trinajstić information content (AvgIpc) is 3.60. The second-order valence-electron chi connectivity index (χ2n) is 10.8. The second kappa shape index (κ2) is 9.74. The summed E-state index contributed by atoms with van der Waals surface area (Å²) in [5, 5.41) is 33.1. The van der Waals surface area contributed by atoms with Crippen LogP contribution in [0, 0.1) is 34.0 Å². The number of nitrogens with zero attached hydrogens (tertiary/aromatic N) is 5. The lowest BCUT2D eigenvalue weighted by Gasteiger charge is -2.11. The minimum Gasteiger partial charge on any atom is -0.309 e. The Morgan fingerprint density at radius 1 is 0.409 bits per heavy atom. The standard InChI is InChI=1S/C39H21N5/c40-22-25-9-14-30(15-10-25)43-36-7-3-1-5-31(36)33-20-27(12-17-38(33)43)28-13-18-39-34(21-28)32-6-2-4-8-37(32)44(39)35-16-11-26(23-41)19-29(35)24-42/h1-21H. The van der Waals surface area contributed by atoms with E-state index >= 15 is 0 Å². The SMILES string of the molecule is N#Cc1ccc(-n2c3ccccc3c3cc(-c4ccc5c(c4)c4ccccc4n5-c4ccc(C#N)cc4C#N)ccc32)cc1. The van der Waals surface area contributed by atoms with E-state index < -0.39 is 0 Å². The van der Waals surface area contributed by atoms with Gasteiger partial charge in [0.25, 0.3) is 0 Å². The zero-order valence-electron chi connectivity index (χ0n) is 23.4. The molecule has 44 heavy (non-hydrogen) atoms. The summed E-state index contributed by atoms with van der Waals surface area (Å²) in [7, 11) is 0. The lowest BCUT2D eigenvalue weighted by atomic mass is 10.0. The zero-order valence-corrected chi connectivity index (χ0v) is 23.4. The number of nitriles is 3. The molecule has 0 bridgehead atoms. The molecule has 0 N–H and O–H groups in total. The van der Waals surface area contributed by atoms with Crippen molar-refractivity contribution in [2.24, 2.45) is 0 Å². The van der Waals surface area contributed by atoms with Crippen LogP contribution in [0.2, 0.25) is 0 Å². The predicted octanol–water partition coefficient (Wildman–Crippen LogP) is 9.16. The van der Waals surface area contributed by atoms with Gasteiger partial charge in [0, 0.05) is 27.2 Å². The number of hydrogen-bond acceptors (Lipinski definition) is 3. The summed E-state index contributed by atoms with van der Waals surface area (Å²) in [6, 6.07) is 49.3. The molecule has 2 aromatic heterocycles. The van der Waals surface area contributed by atoms with Gasteiger partial charge < -0.3 is 9.13 Å². The number of aromatic nitrogens is 2. The number of rotatable bonds is 3. The maximum atomic E-state index is 9.95. The molecule has 202 valence electrons. The lowest BCUT2D eigenvalue weighted by molar-refractivity contribution is 1.16. The van der Waals surface area contributed by atoms with Crippen LogP contribution in [-0.4, -0.2) is 9.13 Å². The fourth-order valence-corrected chi connectivity index (χ4v) is 6.42. The third-order valence-electron chi connectivity index (χ3n) is 8.42. The number of benzene rings is 6. The van der Waals surface area contributed by atoms with Gasteiger partial charge in [-0.2, -0.15) is 15.8 Å². The monoisotopic (exact) mass is 559 g/mol. The maximum absolute atomic E-state index is 9.95. The maximum Gasteiger partial charge on any atom is 0.101 e. The van der Waals surface area contributed by atoms with E-state index in [0.717, 1.165) is 66.1 Å². The first kappa shape index (κ1) is 25.1. The number of para-hydroxylation sites is 2. The number of fused-ring (bicyclic) bond motifs is 6. The Morgan fingerprint density at radius 3 is 1.52 bits per heavy atom. The Balaban J connectivity index is 1.33. The van der Waals surface area contributed by atoms with E-state index in [9.17, 15) is 15.8 Å². The van der Waals surface area contributed by atoms with Crippen LogP contribution in [0.15, 0.2) is 127 Å². The molecular weight excluding hydrogens is 538 g/mol. The highest BCUT2D eigenvalue weighted by Crippen LogP contribution is 2.38. The van der Waals surface area contributed by atoms with Crippen molar-refractivity contribution in [3.8, 4) is 40.7 Å². The minimum absolute atomic E-state index is 0.458. The van der Waals surface area contributed by atoms with Crippen LogP contribution in [0.4, 0.5) is 0 Å². The molecule has 0 saturated heterocycles. The van der Waals surface area contributed by atoms with Gasteiger partial charge >= 0.3 is 0 Å². The van der Waals surface area contributed by atoms with E-state index in [-0.39, 0.29) is 0 Å². The Morgan fingerprint density at radius 2 is 0.932 bits per heavy atom. The summed E-state index contributed by atoms with van der Waals surface area (Å²) in [6.45, 7) is 0. The van der Waals surface area contributed by atoms with Gasteiger partial charge in [0.05, 0.1) is 56.6 Å². The first-order valence-electron chi connectivity index (χ1n) is 14.2. The molecule has 2 heterocycles. The molecule has 5 heteroatoms. The predicted molar refractivity (Wildman–Crippen MR) is 175 cm³/mol. The molecule has 6 aromatic carbocycles. The van der Waals surface area contributed by atoms with Crippen LogP contribution in [-0.2, 0) is 0 Å². The molecule has 0 unspecified atom stereocenters. The van der Waals surface area contributed by atoms with E-state index in [1.165, 1.54) is 0 Å². The molecule has 0 fully saturated rings. The van der Waals surface area contributed by atoms with Crippen molar-refractivity contribution >= 4 is 43.6 Å². The van der Waals surface area contributed by atoms with Crippen molar-refractivity contribution in [2.45, 2.75) is 0 Å². The van der Waals surface area contributed by atoms with Crippen molar-refractivity contribution in [1.29, 1.82) is 15.8 Å². The molecule has 0 aliphatic heterocycles. The van der Waals surface area contributed by atoms with Crippen LogP contribution in [0.1, 0.15) is 16.7 Å². The molecule has 0 spiro atoms. The van der Waals surface area contributed by atoms with Crippen molar-refractivity contribution in [1.82, 2.24) is 9.13 Å². The van der Waals surface area contributed by atoms with Gasteiger partial charge in [-0.3, -0.25) is 0 Å². The summed E-state index contributed by atoms with van der Waals surface area (Å²) in [5.41, 5.74) is 9.73. The van der Waals surface area contributed by atoms with Crippen molar-refractivity contribution in [3.63, 3.8) is 0 Å². The van der Waals surface area contributed by atoms with Gasteiger partial charge in [0.2, 0.25) is 0 Å². The van der Waals surface area contributed by atoms with Crippen LogP contribution in [0.3, 0.4) is 0 Å². The summed E-state index contributed by atoms with van der Waals surface area (Å²) < 4.78 is 4.36. The fourth-order valence-electron chi connectivity index (χ4n) is 6.42. The summed E-state index contributed by atoms with van der Waals surface area (Å²) >= 11 is 0. The molecule has 5 nitrogen and oxygen atoms in total. The van der Waals surface area contributed by atoms with Gasteiger partial charge in [-0.15, -0.1) is 0 Å². The molecule has 0 aliphatic carbocycles. The summed E-state index contributed by atoms with van der Waals surface area (Å²) in [5.74, 6) is 0. The Bertz CT molecular complexity index is 2580. The van der Waals surface area contributed by atoms with Gasteiger partial charge in [-0.1, -0.05) is 48.5 Å². The summed E-state index contributed by atoms with van der Waals surface area (Å²) in [4.78, 5) is 0. The largest absolute Gasteiger partial charge is 0.309 e. The minimum atomic E-state index is 0.458. The molecule has 0 atom stereocenters. The van der Waals surface area contributed by atoms with Gasteiger partial charge in [0.1, 0.15) is 6.07 Å². The lowest BCUT2D eigenvalue weighted by Crippen LogP contribution is -1.98. The van der Waals surface area contributed by atoms with Gasteiger partial charge in [-0.05, 0) is 90.0 Å². The van der Waals surface area contributed by atoms with Crippen molar-refractivity contribution in [3.05, 3.63) is 144 Å². The molecule has 8 aromatic rings. The van der Waals surface area contributed by atoms with Crippen LogP contribution in [0.25, 0.3) is 66.1 Å². The first-order valence-corrected chi connectivity index (χ1v) is 14.2. The van der Waals surface area contributed by atoms with E-state index in [1.54, 1.807) is 12.1 Å². The van der Waals surface area contributed by atoms with Crippen LogP contribution in [0.5, 0.6) is 0 Å². The average molecular weight is 560 g/mol. The third kappa shape index (κ3) is 3.70. The fraction of sp³-hybridized carbons (Fsp3) is 0. The normalized spacial score (nSPS) is 11.1. The van der Waals surface area contributed by atoms with E-state index in [4.69, 9.17) is 0 Å². The highest BCUT2D eigenvalue weighted by Gasteiger charge is 2.17. The third-order valence-corrected chi connectivity index (χ3v) is 8.42. The van der Waals surface area contributed by atoms with Gasteiger partial charge in [0.15, 0.2) is 0 Å². The highest BCUT2D eigenvalue weighted by atomic mass is 15.0. The van der Waals surface area contributed by atoms with E-state index in [2.05, 4.69) is 100 Å². The number of hydrogen-bond donors (Lipinski definition) is 0. The topological polar surface area (TPSA) is 81.2 Å². The molecule has 0 amide bonds. The quantitative estimate of drug-likeness (QED) is 0.216. The van der Waals surface area contributed by atoms with E-state index in [0.29, 0.717) is 16.7 Å². The van der Waals surface area contributed by atoms with Crippen LogP contribution < -0.4 is 0 Å². The van der Waals surface area contributed by atoms with E-state index in [1.807, 2.05) is 42.5 Å². The second-order valence-corrected chi connectivity index (χ2v) is 10.8. The molecule has 0 saturated carbocycles. The Labute approximate surface area is 252 Å². The molecule has 0 aliphatic rings. The Kier molecular flexibility index (Phi) is 5.56. The molecule has 8 rings (SSSR count). The highest BCUT2D eigenvalue weighted by molar-refractivity contribution is 6.12. The molecule has 0 radical (unpaired) electrons. The zero-order chi connectivity index (χ0) is 29.8. The van der Waals surface area contributed by atoms with Crippen LogP contribution >= 0.6 is 0 Å². The molecular formula is C39H21N5. The van der Waals surface area contributed by atoms with Crippen molar-refractivity contribution in [2.75, 3.05) is 0 Å². The smallest absolute Gasteiger partial charge is 0.101 e. The summed E-state index contributed by atoms with van der Waals surface area (Å²) in [6.07, 6.45) is 0. The Hall–Kier alpha value is -6.61. The first-order chi connectivity index (χ1) is 21.7.